The van der Waals surface area contributed by atoms with Crippen LogP contribution in [-0.2, 0) is 13.0 Å². The van der Waals surface area contributed by atoms with E-state index in [0.717, 1.165) is 18.8 Å². The summed E-state index contributed by atoms with van der Waals surface area (Å²) in [7, 11) is 0. The number of fused-ring (bicyclic) bond motifs is 5. The molecule has 3 nitrogen and oxygen atoms in total. The Kier molecular flexibility index (Phi) is 1.80. The Hall–Kier alpha value is -2.03. The highest BCUT2D eigenvalue weighted by Crippen LogP contribution is 2.35. The van der Waals surface area contributed by atoms with Crippen molar-refractivity contribution >= 4 is 10.9 Å². The van der Waals surface area contributed by atoms with Gasteiger partial charge >= 0.3 is 0 Å². The number of aromatic amines is 1. The SMILES string of the molecule is Cc1ccc2[nH]c3c(c2c1)CCn1c-3cnc1C. The van der Waals surface area contributed by atoms with E-state index in [1.165, 1.54) is 33.4 Å². The third kappa shape index (κ3) is 1.16. The zero-order valence-corrected chi connectivity index (χ0v) is 10.6. The molecule has 0 radical (unpaired) electrons. The first-order valence-corrected chi connectivity index (χ1v) is 6.38. The Bertz CT molecular complexity index is 761. The van der Waals surface area contributed by atoms with Gasteiger partial charge in [0, 0.05) is 17.4 Å². The maximum atomic E-state index is 4.43. The predicted molar refractivity (Wildman–Crippen MR) is 72.7 cm³/mol. The number of benzene rings is 1. The largest absolute Gasteiger partial charge is 0.353 e. The van der Waals surface area contributed by atoms with Crippen LogP contribution in [-0.4, -0.2) is 14.5 Å². The molecule has 0 amide bonds. The van der Waals surface area contributed by atoms with Crippen LogP contribution >= 0.6 is 0 Å². The van der Waals surface area contributed by atoms with Gasteiger partial charge in [-0.15, -0.1) is 0 Å². The topological polar surface area (TPSA) is 33.6 Å². The number of hydrogen-bond acceptors (Lipinski definition) is 1. The first kappa shape index (κ1) is 9.95. The van der Waals surface area contributed by atoms with Crippen LogP contribution < -0.4 is 0 Å². The normalized spacial score (nSPS) is 13.7. The lowest BCUT2D eigenvalue weighted by molar-refractivity contribution is 0.664. The second kappa shape index (κ2) is 3.25. The van der Waals surface area contributed by atoms with Gasteiger partial charge in [-0.1, -0.05) is 11.6 Å². The number of aryl methyl sites for hydroxylation is 3. The lowest BCUT2D eigenvalue weighted by Crippen LogP contribution is -2.11. The second-order valence-corrected chi connectivity index (χ2v) is 5.12. The molecule has 3 aromatic rings. The van der Waals surface area contributed by atoms with E-state index >= 15 is 0 Å². The molecule has 3 heteroatoms. The van der Waals surface area contributed by atoms with Gasteiger partial charge in [-0.2, -0.15) is 0 Å². The van der Waals surface area contributed by atoms with E-state index in [1.807, 2.05) is 6.20 Å². The highest BCUT2D eigenvalue weighted by atomic mass is 15.1. The number of imidazole rings is 1. The van der Waals surface area contributed by atoms with Crippen molar-refractivity contribution < 1.29 is 0 Å². The van der Waals surface area contributed by atoms with Crippen LogP contribution in [0.2, 0.25) is 0 Å². The molecule has 1 aromatic carbocycles. The number of aromatic nitrogens is 3. The summed E-state index contributed by atoms with van der Waals surface area (Å²) in [5, 5.41) is 1.37. The molecule has 4 rings (SSSR count). The molecular weight excluding hydrogens is 222 g/mol. The predicted octanol–water partition coefficient (Wildman–Crippen LogP) is 3.20. The highest BCUT2D eigenvalue weighted by Gasteiger charge is 2.21. The first-order valence-electron chi connectivity index (χ1n) is 6.38. The molecule has 3 heterocycles. The average molecular weight is 237 g/mol. The molecular formula is C15H15N3. The second-order valence-electron chi connectivity index (χ2n) is 5.12. The minimum Gasteiger partial charge on any atom is -0.353 e. The zero-order chi connectivity index (χ0) is 12.3. The van der Waals surface area contributed by atoms with E-state index in [-0.39, 0.29) is 0 Å². The molecule has 1 aliphatic heterocycles. The summed E-state index contributed by atoms with van der Waals surface area (Å²) in [5.74, 6) is 1.10. The van der Waals surface area contributed by atoms with E-state index in [4.69, 9.17) is 0 Å². The van der Waals surface area contributed by atoms with Gasteiger partial charge in [0.05, 0.1) is 17.6 Å². The molecule has 0 bridgehead atoms. The molecule has 2 aromatic heterocycles. The number of hydrogen-bond donors (Lipinski definition) is 1. The lowest BCUT2D eigenvalue weighted by atomic mass is 10.0. The van der Waals surface area contributed by atoms with E-state index in [9.17, 15) is 0 Å². The monoisotopic (exact) mass is 237 g/mol. The summed E-state index contributed by atoms with van der Waals surface area (Å²) in [4.78, 5) is 7.98. The number of H-pyrrole nitrogens is 1. The van der Waals surface area contributed by atoms with Gasteiger partial charge in [-0.05, 0) is 38.0 Å². The summed E-state index contributed by atoms with van der Waals surface area (Å²) >= 11 is 0. The Morgan fingerprint density at radius 1 is 1.28 bits per heavy atom. The standard InChI is InChI=1S/C15H15N3/c1-9-3-4-13-12(7-9)11-5-6-18-10(2)16-8-14(18)15(11)17-13/h3-4,7-8,17H,5-6H2,1-2H3. The van der Waals surface area contributed by atoms with Crippen LogP contribution in [0.15, 0.2) is 24.4 Å². The van der Waals surface area contributed by atoms with E-state index < -0.39 is 0 Å². The van der Waals surface area contributed by atoms with Gasteiger partial charge in [0.1, 0.15) is 5.82 Å². The molecule has 0 saturated carbocycles. The number of rotatable bonds is 0. The van der Waals surface area contributed by atoms with Gasteiger partial charge in [0.15, 0.2) is 0 Å². The van der Waals surface area contributed by atoms with Crippen LogP contribution in [0.5, 0.6) is 0 Å². The van der Waals surface area contributed by atoms with Gasteiger partial charge < -0.3 is 9.55 Å². The number of nitrogens with zero attached hydrogens (tertiary/aromatic N) is 2. The molecule has 0 spiro atoms. The fourth-order valence-electron chi connectivity index (χ4n) is 3.01. The fraction of sp³-hybridized carbons (Fsp3) is 0.267. The molecule has 0 atom stereocenters. The van der Waals surface area contributed by atoms with Crippen molar-refractivity contribution in [3.8, 4) is 11.4 Å². The molecule has 18 heavy (non-hydrogen) atoms. The Morgan fingerprint density at radius 3 is 3.06 bits per heavy atom. The van der Waals surface area contributed by atoms with E-state index in [1.54, 1.807) is 0 Å². The molecule has 0 fully saturated rings. The molecule has 1 N–H and O–H groups in total. The molecule has 0 saturated heterocycles. The average Bonchev–Trinajstić information content (AvgIpc) is 2.90. The van der Waals surface area contributed by atoms with Gasteiger partial charge in [-0.3, -0.25) is 0 Å². The van der Waals surface area contributed by atoms with Crippen molar-refractivity contribution in [2.75, 3.05) is 0 Å². The van der Waals surface area contributed by atoms with Crippen LogP contribution in [0.4, 0.5) is 0 Å². The Balaban J connectivity index is 2.08. The summed E-state index contributed by atoms with van der Waals surface area (Å²) in [5.41, 5.74) is 6.48. The van der Waals surface area contributed by atoms with Crippen molar-refractivity contribution in [1.82, 2.24) is 14.5 Å². The van der Waals surface area contributed by atoms with Crippen LogP contribution in [0.1, 0.15) is 17.0 Å². The summed E-state index contributed by atoms with van der Waals surface area (Å²) in [6, 6.07) is 6.62. The fourth-order valence-corrected chi connectivity index (χ4v) is 3.01. The van der Waals surface area contributed by atoms with Crippen molar-refractivity contribution in [2.45, 2.75) is 26.8 Å². The maximum absolute atomic E-state index is 4.43. The zero-order valence-electron chi connectivity index (χ0n) is 10.6. The summed E-state index contributed by atoms with van der Waals surface area (Å²) in [6.07, 6.45) is 3.07. The molecule has 0 unspecified atom stereocenters. The van der Waals surface area contributed by atoms with E-state index in [0.29, 0.717) is 0 Å². The first-order chi connectivity index (χ1) is 8.74. The van der Waals surface area contributed by atoms with Gasteiger partial charge in [-0.25, -0.2) is 4.98 Å². The third-order valence-electron chi connectivity index (χ3n) is 3.96. The molecule has 90 valence electrons. The minimum absolute atomic E-state index is 1.04. The van der Waals surface area contributed by atoms with Crippen molar-refractivity contribution in [3.05, 3.63) is 41.3 Å². The van der Waals surface area contributed by atoms with Crippen LogP contribution in [0, 0.1) is 13.8 Å². The molecule has 1 aliphatic rings. The summed E-state index contributed by atoms with van der Waals surface area (Å²) < 4.78 is 2.30. The van der Waals surface area contributed by atoms with Gasteiger partial charge in [0.2, 0.25) is 0 Å². The van der Waals surface area contributed by atoms with Crippen molar-refractivity contribution in [3.63, 3.8) is 0 Å². The highest BCUT2D eigenvalue weighted by molar-refractivity contribution is 5.91. The van der Waals surface area contributed by atoms with Crippen molar-refractivity contribution in [1.29, 1.82) is 0 Å². The quantitative estimate of drug-likeness (QED) is 0.640. The molecule has 0 aliphatic carbocycles. The third-order valence-corrected chi connectivity index (χ3v) is 3.96. The maximum Gasteiger partial charge on any atom is 0.106 e. The van der Waals surface area contributed by atoms with Gasteiger partial charge in [0.25, 0.3) is 0 Å². The van der Waals surface area contributed by atoms with Crippen LogP contribution in [0.3, 0.4) is 0 Å². The van der Waals surface area contributed by atoms with E-state index in [2.05, 4.69) is 46.6 Å². The summed E-state index contributed by atoms with van der Waals surface area (Å²) in [6.45, 7) is 5.26. The van der Waals surface area contributed by atoms with Crippen molar-refractivity contribution in [2.24, 2.45) is 0 Å². The number of nitrogens with one attached hydrogen (secondary N) is 1. The smallest absolute Gasteiger partial charge is 0.106 e. The Labute approximate surface area is 105 Å². The lowest BCUT2D eigenvalue weighted by Gasteiger charge is -2.16. The Morgan fingerprint density at radius 2 is 2.17 bits per heavy atom. The minimum atomic E-state index is 1.04. The van der Waals surface area contributed by atoms with Crippen LogP contribution in [0.25, 0.3) is 22.3 Å².